The summed E-state index contributed by atoms with van der Waals surface area (Å²) in [7, 11) is 0. The van der Waals surface area contributed by atoms with Crippen molar-refractivity contribution in [3.63, 3.8) is 0 Å². The second-order valence-corrected chi connectivity index (χ2v) is 6.09. The summed E-state index contributed by atoms with van der Waals surface area (Å²) < 4.78 is 1.75. The smallest absolute Gasteiger partial charge is 0.326 e. The molecule has 98 valence electrons. The first-order valence-electron chi connectivity index (χ1n) is 5.04. The van der Waals surface area contributed by atoms with Crippen molar-refractivity contribution in [3.8, 4) is 0 Å². The molecule has 1 aromatic carbocycles. The van der Waals surface area contributed by atoms with E-state index in [0.29, 0.717) is 5.69 Å². The van der Waals surface area contributed by atoms with Gasteiger partial charge >= 0.3 is 5.97 Å². The maximum atomic E-state index is 11.0. The Bertz CT molecular complexity index is 468. The minimum Gasteiger partial charge on any atom is -0.480 e. The minimum absolute atomic E-state index is 0.237. The summed E-state index contributed by atoms with van der Waals surface area (Å²) in [5, 5.41) is 11.4. The van der Waals surface area contributed by atoms with Gasteiger partial charge in [0.15, 0.2) is 0 Å². The lowest BCUT2D eigenvalue weighted by molar-refractivity contribution is -0.141. The Hall–Kier alpha value is -0.580. The minimum atomic E-state index is -1.05. The Kier molecular flexibility index (Phi) is 5.63. The van der Waals surface area contributed by atoms with Crippen LogP contribution < -0.4 is 11.1 Å². The molecular formula is C11H12I2N2O3. The van der Waals surface area contributed by atoms with Crippen LogP contribution in [0.4, 0.5) is 5.69 Å². The van der Waals surface area contributed by atoms with Crippen LogP contribution in [0, 0.1) is 7.14 Å². The van der Waals surface area contributed by atoms with Crippen molar-refractivity contribution in [1.82, 2.24) is 5.32 Å². The van der Waals surface area contributed by atoms with Gasteiger partial charge in [0.05, 0.1) is 5.69 Å². The molecule has 1 atom stereocenters. The van der Waals surface area contributed by atoms with Gasteiger partial charge in [-0.3, -0.25) is 4.79 Å². The molecule has 0 saturated heterocycles. The van der Waals surface area contributed by atoms with Crippen molar-refractivity contribution in [3.05, 3.63) is 24.8 Å². The average Bonchev–Trinajstić information content (AvgIpc) is 2.24. The zero-order valence-electron chi connectivity index (χ0n) is 9.54. The molecule has 0 radical (unpaired) electrons. The van der Waals surface area contributed by atoms with Crippen molar-refractivity contribution >= 4 is 62.7 Å². The molecule has 0 spiro atoms. The van der Waals surface area contributed by atoms with Crippen molar-refractivity contribution in [1.29, 1.82) is 0 Å². The molecule has 1 rings (SSSR count). The van der Waals surface area contributed by atoms with Crippen molar-refractivity contribution in [2.75, 3.05) is 5.73 Å². The molecule has 0 aliphatic heterocycles. The molecule has 0 heterocycles. The molecular weight excluding hydrogens is 462 g/mol. The van der Waals surface area contributed by atoms with E-state index in [2.05, 4.69) is 50.5 Å². The topological polar surface area (TPSA) is 92.4 Å². The number of aliphatic carboxylic acids is 1. The number of carboxylic acid groups (broad SMARTS) is 1. The number of benzene rings is 1. The third-order valence-electron chi connectivity index (χ3n) is 2.25. The Morgan fingerprint density at radius 1 is 1.39 bits per heavy atom. The van der Waals surface area contributed by atoms with Crippen LogP contribution in [0.3, 0.4) is 0 Å². The Balaban J connectivity index is 2.94. The Labute approximate surface area is 132 Å². The van der Waals surface area contributed by atoms with Crippen LogP contribution in [0.25, 0.3) is 0 Å². The highest BCUT2D eigenvalue weighted by molar-refractivity contribution is 14.1. The quantitative estimate of drug-likeness (QED) is 0.457. The number of nitrogens with two attached hydrogens (primary N) is 1. The van der Waals surface area contributed by atoms with Crippen LogP contribution in [0.5, 0.6) is 0 Å². The summed E-state index contributed by atoms with van der Waals surface area (Å²) >= 11 is 4.20. The van der Waals surface area contributed by atoms with Gasteiger partial charge in [0.1, 0.15) is 6.04 Å². The van der Waals surface area contributed by atoms with E-state index in [1.54, 1.807) is 0 Å². The molecule has 0 aliphatic rings. The lowest BCUT2D eigenvalue weighted by Gasteiger charge is -2.14. The zero-order chi connectivity index (χ0) is 13.9. The number of amides is 1. The Morgan fingerprint density at radius 3 is 2.28 bits per heavy atom. The summed E-state index contributed by atoms with van der Waals surface area (Å²) in [5.74, 6) is -1.41. The fraction of sp³-hybridized carbons (Fsp3) is 0.273. The fourth-order valence-electron chi connectivity index (χ4n) is 1.44. The van der Waals surface area contributed by atoms with Gasteiger partial charge in [-0.15, -0.1) is 0 Å². The first kappa shape index (κ1) is 15.5. The number of carboxylic acids is 1. The summed E-state index contributed by atoms with van der Waals surface area (Å²) in [4.78, 5) is 22.0. The SMILES string of the molecule is CC(=O)N[C@@H](Cc1cc(I)c(N)c(I)c1)C(=O)O. The highest BCUT2D eigenvalue weighted by Crippen LogP contribution is 2.24. The van der Waals surface area contributed by atoms with Crippen LogP contribution in [0.1, 0.15) is 12.5 Å². The fourth-order valence-corrected chi connectivity index (χ4v) is 3.33. The van der Waals surface area contributed by atoms with Gasteiger partial charge in [-0.05, 0) is 62.9 Å². The Morgan fingerprint density at radius 2 is 1.89 bits per heavy atom. The molecule has 0 unspecified atom stereocenters. The molecule has 0 bridgehead atoms. The normalized spacial score (nSPS) is 11.9. The monoisotopic (exact) mass is 474 g/mol. The van der Waals surface area contributed by atoms with Crippen molar-refractivity contribution in [2.24, 2.45) is 0 Å². The summed E-state index contributed by atoms with van der Waals surface area (Å²) in [5.41, 5.74) is 7.34. The van der Waals surface area contributed by atoms with Gasteiger partial charge in [-0.25, -0.2) is 4.79 Å². The molecule has 0 aliphatic carbocycles. The van der Waals surface area contributed by atoms with Crippen LogP contribution in [0.2, 0.25) is 0 Å². The van der Waals surface area contributed by atoms with Gasteiger partial charge in [0.2, 0.25) is 5.91 Å². The number of nitrogens with one attached hydrogen (secondary N) is 1. The number of anilines is 1. The average molecular weight is 474 g/mol. The predicted molar refractivity (Wildman–Crippen MR) is 85.2 cm³/mol. The number of carbonyl (C=O) groups excluding carboxylic acids is 1. The van der Waals surface area contributed by atoms with E-state index < -0.39 is 12.0 Å². The molecule has 18 heavy (non-hydrogen) atoms. The molecule has 1 aromatic rings. The van der Waals surface area contributed by atoms with E-state index in [9.17, 15) is 9.59 Å². The van der Waals surface area contributed by atoms with Crippen LogP contribution in [0.15, 0.2) is 12.1 Å². The maximum Gasteiger partial charge on any atom is 0.326 e. The number of hydrogen-bond donors (Lipinski definition) is 3. The van der Waals surface area contributed by atoms with Crippen LogP contribution >= 0.6 is 45.2 Å². The number of carbonyl (C=O) groups is 2. The van der Waals surface area contributed by atoms with Gasteiger partial charge in [0, 0.05) is 20.5 Å². The van der Waals surface area contributed by atoms with E-state index >= 15 is 0 Å². The number of halogens is 2. The molecule has 4 N–H and O–H groups in total. The molecule has 1 amide bonds. The lowest BCUT2D eigenvalue weighted by Crippen LogP contribution is -2.41. The van der Waals surface area contributed by atoms with Gasteiger partial charge in [0.25, 0.3) is 0 Å². The highest BCUT2D eigenvalue weighted by atomic mass is 127. The zero-order valence-corrected chi connectivity index (χ0v) is 13.9. The van der Waals surface area contributed by atoms with E-state index in [-0.39, 0.29) is 12.3 Å². The van der Waals surface area contributed by atoms with Gasteiger partial charge in [-0.1, -0.05) is 0 Å². The first-order valence-corrected chi connectivity index (χ1v) is 7.20. The van der Waals surface area contributed by atoms with E-state index in [1.807, 2.05) is 12.1 Å². The van der Waals surface area contributed by atoms with Crippen molar-refractivity contribution in [2.45, 2.75) is 19.4 Å². The number of hydrogen-bond acceptors (Lipinski definition) is 3. The highest BCUT2D eigenvalue weighted by Gasteiger charge is 2.19. The van der Waals surface area contributed by atoms with E-state index in [1.165, 1.54) is 6.92 Å². The van der Waals surface area contributed by atoms with E-state index in [0.717, 1.165) is 12.7 Å². The number of nitrogen functional groups attached to an aromatic ring is 1. The molecule has 0 fully saturated rings. The van der Waals surface area contributed by atoms with Crippen LogP contribution in [-0.2, 0) is 16.0 Å². The van der Waals surface area contributed by atoms with Crippen LogP contribution in [-0.4, -0.2) is 23.0 Å². The van der Waals surface area contributed by atoms with Crippen molar-refractivity contribution < 1.29 is 14.7 Å². The first-order chi connectivity index (χ1) is 8.31. The van der Waals surface area contributed by atoms with Gasteiger partial charge in [-0.2, -0.15) is 0 Å². The second kappa shape index (κ2) is 6.55. The molecule has 0 aromatic heterocycles. The number of rotatable bonds is 4. The summed E-state index contributed by atoms with van der Waals surface area (Å²) in [6.07, 6.45) is 0.237. The predicted octanol–water partition coefficient (Wildman–Crippen LogP) is 1.61. The molecule has 0 saturated carbocycles. The lowest BCUT2D eigenvalue weighted by atomic mass is 10.1. The van der Waals surface area contributed by atoms with Gasteiger partial charge < -0.3 is 16.2 Å². The maximum absolute atomic E-state index is 11.0. The third kappa shape index (κ3) is 4.26. The molecule has 5 nitrogen and oxygen atoms in total. The second-order valence-electron chi connectivity index (χ2n) is 3.77. The van der Waals surface area contributed by atoms with E-state index in [4.69, 9.17) is 10.8 Å². The summed E-state index contributed by atoms with van der Waals surface area (Å²) in [6.45, 7) is 1.30. The summed E-state index contributed by atoms with van der Waals surface area (Å²) in [6, 6.07) is 2.74. The largest absolute Gasteiger partial charge is 0.480 e. The molecule has 7 heteroatoms. The third-order valence-corrected chi connectivity index (χ3v) is 4.04. The standard InChI is InChI=1S/C11H12I2N2O3/c1-5(16)15-9(11(17)18)4-6-2-7(12)10(14)8(13)3-6/h2-3,9H,4,14H2,1H3,(H,15,16)(H,17,18)/t9-/m0/s1.